The molecule has 1 fully saturated rings. The van der Waals surface area contributed by atoms with E-state index in [4.69, 9.17) is 16.2 Å². The molecule has 71 heavy (non-hydrogen) atoms. The molecule has 7 amide bonds. The third kappa shape index (κ3) is 20.0. The molecule has 1 aromatic rings. The van der Waals surface area contributed by atoms with E-state index in [-0.39, 0.29) is 49.7 Å². The number of carbonyl (C=O) groups excluding carboxylic acids is 7. The van der Waals surface area contributed by atoms with E-state index < -0.39 is 120 Å². The van der Waals surface area contributed by atoms with Crippen LogP contribution in [0.4, 0.5) is 0 Å². The molecular formula is C49H74N10O12. The van der Waals surface area contributed by atoms with Crippen molar-refractivity contribution >= 4 is 59.2 Å². The number of aliphatic imine (C=N–C) groups is 1. The fourth-order valence-corrected chi connectivity index (χ4v) is 7.50. The first-order valence-electron chi connectivity index (χ1n) is 23.5. The summed E-state index contributed by atoms with van der Waals surface area (Å²) < 4.78 is 5.82. The van der Waals surface area contributed by atoms with Gasteiger partial charge in [0.25, 0.3) is 5.91 Å². The third-order valence-electron chi connectivity index (χ3n) is 11.9. The van der Waals surface area contributed by atoms with Crippen molar-refractivity contribution < 1.29 is 58.1 Å². The van der Waals surface area contributed by atoms with Gasteiger partial charge in [-0.2, -0.15) is 0 Å². The van der Waals surface area contributed by atoms with Gasteiger partial charge in [0, 0.05) is 33.0 Å². The molecule has 10 atom stereocenters. The van der Waals surface area contributed by atoms with Gasteiger partial charge in [0.2, 0.25) is 35.4 Å². The molecule has 0 saturated carbocycles. The quantitative estimate of drug-likeness (QED) is 0.0337. The lowest BCUT2D eigenvalue weighted by Gasteiger charge is -2.29. The molecule has 1 aromatic carbocycles. The second-order valence-corrected chi connectivity index (χ2v) is 18.3. The SMILES string of the molecule is C=C1C(=O)N[C@H](C)C(=O)N[C@@H](CC(C)C)C(=O)NC(C(=O)O)[C@H](C)C(=O)NC(CCCN=C(N)N)C(=O)NC(/C=C/C(C)=C/C(C)C(Cc2ccccc2)OC)C(C)C(=O)N[C@H](CCC(=O)O)C(=O)N1C. The van der Waals surface area contributed by atoms with Crippen LogP contribution >= 0.6 is 0 Å². The minimum Gasteiger partial charge on any atom is -0.481 e. The van der Waals surface area contributed by atoms with E-state index in [1.54, 1.807) is 34.0 Å². The number of methoxy groups -OCH3 is 1. The van der Waals surface area contributed by atoms with Crippen molar-refractivity contribution in [3.63, 3.8) is 0 Å². The van der Waals surface area contributed by atoms with E-state index in [1.165, 1.54) is 33.9 Å². The first kappa shape index (κ1) is 60.0. The molecule has 12 N–H and O–H groups in total. The number of allylic oxidation sites excluding steroid dienone is 2. The summed E-state index contributed by atoms with van der Waals surface area (Å²) in [5.74, 6) is -12.6. The van der Waals surface area contributed by atoms with Crippen molar-refractivity contribution in [1.29, 1.82) is 0 Å². The van der Waals surface area contributed by atoms with Crippen molar-refractivity contribution in [3.8, 4) is 0 Å². The number of nitrogens with zero attached hydrogens (tertiary/aromatic N) is 2. The van der Waals surface area contributed by atoms with Crippen molar-refractivity contribution in [3.05, 3.63) is 72.0 Å². The number of hydrogen-bond acceptors (Lipinski definition) is 11. The first-order valence-corrected chi connectivity index (χ1v) is 23.5. The molecule has 1 heterocycles. The number of carboxylic acid groups (broad SMARTS) is 2. The number of carboxylic acids is 2. The van der Waals surface area contributed by atoms with Crippen molar-refractivity contribution in [2.24, 2.45) is 40.1 Å². The number of amides is 7. The zero-order chi connectivity index (χ0) is 53.7. The molecule has 1 saturated heterocycles. The average Bonchev–Trinajstić information content (AvgIpc) is 3.31. The normalized spacial score (nSPS) is 25.0. The Bertz CT molecular complexity index is 2160. The molecule has 22 heteroatoms. The van der Waals surface area contributed by atoms with Crippen LogP contribution < -0.4 is 43.4 Å². The number of benzene rings is 1. The van der Waals surface area contributed by atoms with Gasteiger partial charge in [-0.1, -0.05) is 95.3 Å². The van der Waals surface area contributed by atoms with Gasteiger partial charge in [0.15, 0.2) is 5.96 Å². The van der Waals surface area contributed by atoms with Gasteiger partial charge in [0.05, 0.1) is 24.0 Å². The van der Waals surface area contributed by atoms with Crippen LogP contribution in [0.25, 0.3) is 0 Å². The summed E-state index contributed by atoms with van der Waals surface area (Å²) in [6, 6.07) is 1.04. The minimum atomic E-state index is -1.87. The summed E-state index contributed by atoms with van der Waals surface area (Å²) in [6.45, 7) is 14.9. The molecule has 0 aliphatic carbocycles. The van der Waals surface area contributed by atoms with Gasteiger partial charge in [-0.05, 0) is 57.4 Å². The van der Waals surface area contributed by atoms with E-state index in [0.29, 0.717) is 12.0 Å². The summed E-state index contributed by atoms with van der Waals surface area (Å²) in [5.41, 5.74) is 12.3. The number of nitrogens with one attached hydrogen (secondary N) is 6. The van der Waals surface area contributed by atoms with E-state index in [1.807, 2.05) is 43.3 Å². The number of guanidine groups is 1. The zero-order valence-corrected chi connectivity index (χ0v) is 42.2. The lowest BCUT2D eigenvalue weighted by Crippen LogP contribution is -2.59. The van der Waals surface area contributed by atoms with Gasteiger partial charge in [-0.15, -0.1) is 0 Å². The van der Waals surface area contributed by atoms with Crippen molar-refractivity contribution in [2.75, 3.05) is 20.7 Å². The van der Waals surface area contributed by atoms with Crippen LogP contribution in [0.3, 0.4) is 0 Å². The molecule has 0 bridgehead atoms. The van der Waals surface area contributed by atoms with E-state index in [0.717, 1.165) is 10.5 Å². The number of rotatable bonds is 17. The highest BCUT2D eigenvalue weighted by molar-refractivity contribution is 6.01. The maximum absolute atomic E-state index is 14.4. The number of carbonyl (C=O) groups is 9. The topological polar surface area (TPSA) is 343 Å². The Morgan fingerprint density at radius 1 is 0.817 bits per heavy atom. The Kier molecular flexibility index (Phi) is 24.7. The third-order valence-corrected chi connectivity index (χ3v) is 11.9. The summed E-state index contributed by atoms with van der Waals surface area (Å²) in [5, 5.41) is 35.1. The monoisotopic (exact) mass is 995 g/mol. The molecule has 392 valence electrons. The minimum absolute atomic E-state index is 0.000900. The van der Waals surface area contributed by atoms with Crippen LogP contribution in [-0.4, -0.2) is 137 Å². The highest BCUT2D eigenvalue weighted by Crippen LogP contribution is 2.19. The summed E-state index contributed by atoms with van der Waals surface area (Å²) in [4.78, 5) is 126. The molecular weight excluding hydrogens is 921 g/mol. The number of aliphatic carboxylic acids is 2. The smallest absolute Gasteiger partial charge is 0.327 e. The maximum atomic E-state index is 14.4. The van der Waals surface area contributed by atoms with Crippen LogP contribution in [0.5, 0.6) is 0 Å². The second kappa shape index (κ2) is 29.2. The lowest BCUT2D eigenvalue weighted by atomic mass is 9.94. The van der Waals surface area contributed by atoms with Gasteiger partial charge in [-0.25, -0.2) is 4.79 Å². The van der Waals surface area contributed by atoms with Crippen LogP contribution in [0.2, 0.25) is 0 Å². The second-order valence-electron chi connectivity index (χ2n) is 18.3. The van der Waals surface area contributed by atoms with E-state index in [9.17, 15) is 53.4 Å². The lowest BCUT2D eigenvalue weighted by molar-refractivity contribution is -0.146. The molecule has 1 aliphatic heterocycles. The molecule has 0 spiro atoms. The summed E-state index contributed by atoms with van der Waals surface area (Å²) in [7, 11) is 2.78. The highest BCUT2D eigenvalue weighted by Gasteiger charge is 2.38. The average molecular weight is 995 g/mol. The van der Waals surface area contributed by atoms with Gasteiger partial charge >= 0.3 is 11.9 Å². The van der Waals surface area contributed by atoms with E-state index >= 15 is 0 Å². The number of nitrogens with two attached hydrogens (primary N) is 2. The molecule has 1 aliphatic rings. The van der Waals surface area contributed by atoms with Crippen LogP contribution in [0, 0.1) is 23.7 Å². The van der Waals surface area contributed by atoms with E-state index in [2.05, 4.69) is 43.5 Å². The predicted molar refractivity (Wildman–Crippen MR) is 264 cm³/mol. The van der Waals surface area contributed by atoms with Crippen molar-refractivity contribution in [2.45, 2.75) is 129 Å². The van der Waals surface area contributed by atoms with Crippen LogP contribution in [0.1, 0.15) is 86.1 Å². The summed E-state index contributed by atoms with van der Waals surface area (Å²) in [6.07, 6.45) is 4.54. The Morgan fingerprint density at radius 2 is 1.41 bits per heavy atom. The largest absolute Gasteiger partial charge is 0.481 e. The maximum Gasteiger partial charge on any atom is 0.327 e. The Labute approximate surface area is 415 Å². The Morgan fingerprint density at radius 3 is 1.99 bits per heavy atom. The molecule has 0 radical (unpaired) electrons. The number of ether oxygens (including phenoxy) is 1. The molecule has 0 aromatic heterocycles. The predicted octanol–water partition coefficient (Wildman–Crippen LogP) is 0.618. The van der Waals surface area contributed by atoms with Crippen molar-refractivity contribution in [1.82, 2.24) is 36.8 Å². The van der Waals surface area contributed by atoms with Gasteiger partial charge in [-0.3, -0.25) is 43.3 Å². The first-order chi connectivity index (χ1) is 33.3. The molecule has 6 unspecified atom stereocenters. The Balaban J connectivity index is 2.80. The summed E-state index contributed by atoms with van der Waals surface area (Å²) >= 11 is 0. The Hall–Kier alpha value is -7.10. The highest BCUT2D eigenvalue weighted by atomic mass is 16.5. The van der Waals surface area contributed by atoms with Gasteiger partial charge in [0.1, 0.15) is 35.9 Å². The standard InChI is InChI=1S/C49H74N10O12/c1-26(2)23-37-46(67)58-40(48(69)70)30(6)42(63)55-35(17-14-22-52-49(50)51)45(66)54-34(19-18-27(3)24-28(4)38(71-10)25-33-15-12-11-13-16-33)29(5)41(62)56-36(20-21-39(60)61)47(68)59(9)32(8)44(65)53-31(7)43(64)57-37/h11-13,15-16,18-19,24,26,28-31,34-38,40H,8,14,17,20-23,25H2,1-7,9-10H3,(H,53,65)(H,54,66)(H,55,63)(H,56,62)(H,57,64)(H,58,67)(H,60,61)(H,69,70)(H4,50,51,52)/b19-18+,27-24+/t28?,29?,30-,31+,34?,35?,36+,37-,38?,40?/m0/s1. The zero-order valence-electron chi connectivity index (χ0n) is 42.2. The number of likely N-dealkylation sites (N-methyl/N-ethyl adjacent to an activating group) is 1. The molecule has 22 nitrogen and oxygen atoms in total. The number of hydrogen-bond donors (Lipinski definition) is 10. The molecule has 2 rings (SSSR count). The van der Waals surface area contributed by atoms with Crippen LogP contribution in [0.15, 0.2) is 71.4 Å². The van der Waals surface area contributed by atoms with Crippen LogP contribution in [-0.2, 0) is 54.3 Å². The van der Waals surface area contributed by atoms with Gasteiger partial charge < -0.3 is 63.2 Å². The fourth-order valence-electron chi connectivity index (χ4n) is 7.50. The fraction of sp³-hybridized carbons (Fsp3) is 0.551.